The van der Waals surface area contributed by atoms with Gasteiger partial charge >= 0.3 is 0 Å². The Morgan fingerprint density at radius 2 is 1.86 bits per heavy atom. The standard InChI is InChI=1S/C19H29NO/c1-21-19-9-5-6-15(13-19)12-16-7-3-2-4-8-17(16)14-20-18-10-11-18/h5-6,9,13,16-18,20H,2-4,7-8,10-12,14H2,1H3. The minimum absolute atomic E-state index is 0.839. The van der Waals surface area contributed by atoms with Crippen LogP contribution in [0.15, 0.2) is 24.3 Å². The van der Waals surface area contributed by atoms with Crippen LogP contribution in [0, 0.1) is 11.8 Å². The van der Waals surface area contributed by atoms with Crippen LogP contribution in [-0.2, 0) is 6.42 Å². The van der Waals surface area contributed by atoms with E-state index in [0.29, 0.717) is 0 Å². The Bertz CT molecular complexity index is 441. The molecule has 2 saturated carbocycles. The third-order valence-corrected chi connectivity index (χ3v) is 5.19. The number of hydrogen-bond acceptors (Lipinski definition) is 2. The Morgan fingerprint density at radius 3 is 2.62 bits per heavy atom. The molecule has 2 aliphatic rings. The van der Waals surface area contributed by atoms with Gasteiger partial charge in [-0.05, 0) is 68.2 Å². The molecule has 0 radical (unpaired) electrons. The summed E-state index contributed by atoms with van der Waals surface area (Å²) in [6.07, 6.45) is 11.1. The average Bonchev–Trinajstić information content (AvgIpc) is 3.33. The second-order valence-corrected chi connectivity index (χ2v) is 6.90. The van der Waals surface area contributed by atoms with Gasteiger partial charge in [-0.25, -0.2) is 0 Å². The van der Waals surface area contributed by atoms with Gasteiger partial charge in [0.2, 0.25) is 0 Å². The third-order valence-electron chi connectivity index (χ3n) is 5.19. The lowest BCUT2D eigenvalue weighted by atomic mass is 9.83. The highest BCUT2D eigenvalue weighted by atomic mass is 16.5. The van der Waals surface area contributed by atoms with E-state index >= 15 is 0 Å². The van der Waals surface area contributed by atoms with Crippen LogP contribution in [0.4, 0.5) is 0 Å². The van der Waals surface area contributed by atoms with Crippen molar-refractivity contribution in [3.63, 3.8) is 0 Å². The number of methoxy groups -OCH3 is 1. The molecule has 2 nitrogen and oxygen atoms in total. The van der Waals surface area contributed by atoms with E-state index in [2.05, 4.69) is 23.5 Å². The minimum Gasteiger partial charge on any atom is -0.497 e. The second kappa shape index (κ2) is 7.31. The molecule has 116 valence electrons. The summed E-state index contributed by atoms with van der Waals surface area (Å²) in [6.45, 7) is 1.24. The van der Waals surface area contributed by atoms with Gasteiger partial charge in [0.25, 0.3) is 0 Å². The van der Waals surface area contributed by atoms with Gasteiger partial charge in [-0.15, -0.1) is 0 Å². The molecule has 1 N–H and O–H groups in total. The van der Waals surface area contributed by atoms with Crippen molar-refractivity contribution in [2.45, 2.75) is 57.4 Å². The van der Waals surface area contributed by atoms with Crippen LogP contribution in [-0.4, -0.2) is 19.7 Å². The van der Waals surface area contributed by atoms with Crippen LogP contribution in [0.2, 0.25) is 0 Å². The van der Waals surface area contributed by atoms with Crippen molar-refractivity contribution in [3.8, 4) is 5.75 Å². The van der Waals surface area contributed by atoms with Crippen LogP contribution >= 0.6 is 0 Å². The van der Waals surface area contributed by atoms with E-state index in [9.17, 15) is 0 Å². The summed E-state index contributed by atoms with van der Waals surface area (Å²) in [6, 6.07) is 9.49. The number of rotatable bonds is 6. The van der Waals surface area contributed by atoms with E-state index in [1.165, 1.54) is 63.5 Å². The van der Waals surface area contributed by atoms with Crippen molar-refractivity contribution in [1.82, 2.24) is 5.32 Å². The van der Waals surface area contributed by atoms with Gasteiger partial charge in [0.15, 0.2) is 0 Å². The van der Waals surface area contributed by atoms with Crippen LogP contribution in [0.5, 0.6) is 5.75 Å². The first-order chi connectivity index (χ1) is 10.3. The predicted molar refractivity (Wildman–Crippen MR) is 87.8 cm³/mol. The van der Waals surface area contributed by atoms with Gasteiger partial charge in [-0.3, -0.25) is 0 Å². The molecule has 3 rings (SSSR count). The summed E-state index contributed by atoms with van der Waals surface area (Å²) in [5.41, 5.74) is 1.44. The van der Waals surface area contributed by atoms with Gasteiger partial charge in [-0.2, -0.15) is 0 Å². The van der Waals surface area contributed by atoms with Crippen LogP contribution < -0.4 is 10.1 Å². The molecule has 1 aromatic carbocycles. The van der Waals surface area contributed by atoms with Crippen LogP contribution in [0.1, 0.15) is 50.5 Å². The molecule has 1 aromatic rings. The fraction of sp³-hybridized carbons (Fsp3) is 0.684. The minimum atomic E-state index is 0.839. The summed E-state index contributed by atoms with van der Waals surface area (Å²) >= 11 is 0. The van der Waals surface area contributed by atoms with E-state index in [-0.39, 0.29) is 0 Å². The molecule has 2 atom stereocenters. The molecule has 2 aliphatic carbocycles. The predicted octanol–water partition coefficient (Wildman–Crippen LogP) is 4.19. The SMILES string of the molecule is COc1cccc(CC2CCCCCC2CNC2CC2)c1. The van der Waals surface area contributed by atoms with Gasteiger partial charge in [0, 0.05) is 6.04 Å². The van der Waals surface area contributed by atoms with Gasteiger partial charge in [-0.1, -0.05) is 31.4 Å². The lowest BCUT2D eigenvalue weighted by Gasteiger charge is -2.26. The molecular formula is C19H29NO. The fourth-order valence-electron chi connectivity index (χ4n) is 3.71. The Labute approximate surface area is 129 Å². The third kappa shape index (κ3) is 4.47. The molecule has 2 fully saturated rings. The quantitative estimate of drug-likeness (QED) is 0.792. The Hall–Kier alpha value is -1.02. The van der Waals surface area contributed by atoms with E-state index < -0.39 is 0 Å². The Kier molecular flexibility index (Phi) is 5.18. The highest BCUT2D eigenvalue weighted by molar-refractivity contribution is 5.28. The Morgan fingerprint density at radius 1 is 1.05 bits per heavy atom. The Balaban J connectivity index is 1.62. The maximum Gasteiger partial charge on any atom is 0.119 e. The zero-order valence-corrected chi connectivity index (χ0v) is 13.3. The average molecular weight is 287 g/mol. The summed E-state index contributed by atoms with van der Waals surface area (Å²) in [5.74, 6) is 2.69. The second-order valence-electron chi connectivity index (χ2n) is 6.90. The summed E-state index contributed by atoms with van der Waals surface area (Å²) in [4.78, 5) is 0. The molecule has 2 unspecified atom stereocenters. The van der Waals surface area contributed by atoms with Crippen LogP contribution in [0.3, 0.4) is 0 Å². The molecule has 0 heterocycles. The van der Waals surface area contributed by atoms with E-state index in [0.717, 1.165) is 23.6 Å². The molecule has 21 heavy (non-hydrogen) atoms. The molecular weight excluding hydrogens is 258 g/mol. The highest BCUT2D eigenvalue weighted by Crippen LogP contribution is 2.32. The molecule has 0 aromatic heterocycles. The van der Waals surface area contributed by atoms with Crippen molar-refractivity contribution in [3.05, 3.63) is 29.8 Å². The lowest BCUT2D eigenvalue weighted by molar-refractivity contribution is 0.296. The van der Waals surface area contributed by atoms with Crippen molar-refractivity contribution >= 4 is 0 Å². The summed E-state index contributed by atoms with van der Waals surface area (Å²) in [7, 11) is 1.76. The summed E-state index contributed by atoms with van der Waals surface area (Å²) in [5, 5.41) is 3.77. The van der Waals surface area contributed by atoms with Gasteiger partial charge in [0.05, 0.1) is 7.11 Å². The van der Waals surface area contributed by atoms with Crippen molar-refractivity contribution in [1.29, 1.82) is 0 Å². The zero-order chi connectivity index (χ0) is 14.5. The van der Waals surface area contributed by atoms with E-state index in [4.69, 9.17) is 4.74 Å². The first-order valence-electron chi connectivity index (χ1n) is 8.71. The number of nitrogens with one attached hydrogen (secondary N) is 1. The smallest absolute Gasteiger partial charge is 0.119 e. The van der Waals surface area contributed by atoms with E-state index in [1.807, 2.05) is 6.07 Å². The topological polar surface area (TPSA) is 21.3 Å². The fourth-order valence-corrected chi connectivity index (χ4v) is 3.71. The molecule has 0 spiro atoms. The van der Waals surface area contributed by atoms with Crippen LogP contribution in [0.25, 0.3) is 0 Å². The largest absolute Gasteiger partial charge is 0.497 e. The van der Waals surface area contributed by atoms with E-state index in [1.54, 1.807) is 7.11 Å². The highest BCUT2D eigenvalue weighted by Gasteiger charge is 2.27. The van der Waals surface area contributed by atoms with Crippen molar-refractivity contribution in [2.24, 2.45) is 11.8 Å². The zero-order valence-electron chi connectivity index (χ0n) is 13.3. The van der Waals surface area contributed by atoms with Crippen molar-refractivity contribution in [2.75, 3.05) is 13.7 Å². The lowest BCUT2D eigenvalue weighted by Crippen LogP contribution is -2.30. The first-order valence-corrected chi connectivity index (χ1v) is 8.71. The summed E-state index contributed by atoms with van der Waals surface area (Å²) < 4.78 is 5.37. The molecule has 0 amide bonds. The molecule has 2 heteroatoms. The van der Waals surface area contributed by atoms with Crippen molar-refractivity contribution < 1.29 is 4.74 Å². The number of hydrogen-bond donors (Lipinski definition) is 1. The maximum atomic E-state index is 5.37. The first kappa shape index (κ1) is 14.9. The van der Waals surface area contributed by atoms with Gasteiger partial charge < -0.3 is 10.1 Å². The molecule has 0 saturated heterocycles. The number of ether oxygens (including phenoxy) is 1. The normalized spacial score (nSPS) is 26.3. The molecule has 0 aliphatic heterocycles. The maximum absolute atomic E-state index is 5.37. The molecule has 0 bridgehead atoms. The number of benzene rings is 1. The van der Waals surface area contributed by atoms with Gasteiger partial charge in [0.1, 0.15) is 5.75 Å². The monoisotopic (exact) mass is 287 g/mol.